The van der Waals surface area contributed by atoms with Crippen LogP contribution in [-0.2, 0) is 16.0 Å². The molecule has 2 heterocycles. The van der Waals surface area contributed by atoms with Gasteiger partial charge < -0.3 is 10.6 Å². The number of para-hydroxylation sites is 1. The summed E-state index contributed by atoms with van der Waals surface area (Å²) in [6, 6.07) is 11.9. The average Bonchev–Trinajstić information content (AvgIpc) is 3.06. The molecule has 1 saturated heterocycles. The van der Waals surface area contributed by atoms with Crippen LogP contribution in [0.25, 0.3) is 5.69 Å². The van der Waals surface area contributed by atoms with E-state index < -0.39 is 0 Å². The lowest BCUT2D eigenvalue weighted by Gasteiger charge is -2.32. The highest BCUT2D eigenvalue weighted by Gasteiger charge is 2.23. The number of hydrogen-bond donors (Lipinski definition) is 2. The largest absolute Gasteiger partial charge is 0.355 e. The van der Waals surface area contributed by atoms with Crippen LogP contribution in [0.1, 0.15) is 45.0 Å². The molecule has 0 radical (unpaired) electrons. The molecule has 3 rings (SSSR count). The SMILES string of the molecule is Cc1cc(CC(=O)NCC2CCN(CC(=O)NC(C)(C)C)CC2)nn1-c1ccccc1. The summed E-state index contributed by atoms with van der Waals surface area (Å²) in [6.07, 6.45) is 2.27. The number of aryl methyl sites for hydroxylation is 1. The first kappa shape index (κ1) is 23.0. The predicted octanol–water partition coefficient (Wildman–Crippen LogP) is 2.47. The fourth-order valence-electron chi connectivity index (χ4n) is 3.95. The fraction of sp³-hybridized carbons (Fsp3) is 0.542. The molecule has 31 heavy (non-hydrogen) atoms. The number of rotatable bonds is 7. The van der Waals surface area contributed by atoms with Crippen LogP contribution < -0.4 is 10.6 Å². The molecule has 0 spiro atoms. The van der Waals surface area contributed by atoms with E-state index in [2.05, 4.69) is 20.6 Å². The topological polar surface area (TPSA) is 79.3 Å². The first-order chi connectivity index (χ1) is 14.7. The summed E-state index contributed by atoms with van der Waals surface area (Å²) in [4.78, 5) is 26.7. The molecule has 0 aliphatic carbocycles. The Morgan fingerprint density at radius 3 is 2.42 bits per heavy atom. The number of likely N-dealkylation sites (tertiary alicyclic amines) is 1. The van der Waals surface area contributed by atoms with Gasteiger partial charge in [0.1, 0.15) is 0 Å². The fourth-order valence-corrected chi connectivity index (χ4v) is 3.95. The number of benzene rings is 1. The Kier molecular flexibility index (Phi) is 7.49. The van der Waals surface area contributed by atoms with Crippen molar-refractivity contribution in [2.75, 3.05) is 26.2 Å². The van der Waals surface area contributed by atoms with Gasteiger partial charge in [-0.2, -0.15) is 5.10 Å². The Hall–Kier alpha value is -2.67. The van der Waals surface area contributed by atoms with E-state index in [1.807, 2.05) is 68.8 Å². The first-order valence-electron chi connectivity index (χ1n) is 11.1. The summed E-state index contributed by atoms with van der Waals surface area (Å²) < 4.78 is 1.87. The van der Waals surface area contributed by atoms with Crippen molar-refractivity contribution in [3.05, 3.63) is 47.8 Å². The molecule has 7 heteroatoms. The quantitative estimate of drug-likeness (QED) is 0.714. The summed E-state index contributed by atoms with van der Waals surface area (Å²) in [7, 11) is 0. The maximum atomic E-state index is 12.4. The summed E-state index contributed by atoms with van der Waals surface area (Å²) in [6.45, 7) is 10.9. The van der Waals surface area contributed by atoms with Crippen molar-refractivity contribution in [1.82, 2.24) is 25.3 Å². The number of nitrogens with zero attached hydrogens (tertiary/aromatic N) is 3. The van der Waals surface area contributed by atoms with Crippen LogP contribution in [0.5, 0.6) is 0 Å². The molecule has 2 N–H and O–H groups in total. The van der Waals surface area contributed by atoms with Gasteiger partial charge in [-0.25, -0.2) is 4.68 Å². The van der Waals surface area contributed by atoms with Gasteiger partial charge in [-0.1, -0.05) is 18.2 Å². The number of nitrogens with one attached hydrogen (secondary N) is 2. The molecule has 1 fully saturated rings. The maximum absolute atomic E-state index is 12.4. The number of carbonyl (C=O) groups excluding carboxylic acids is 2. The van der Waals surface area contributed by atoms with E-state index in [0.29, 0.717) is 19.0 Å². The molecule has 0 bridgehead atoms. The minimum Gasteiger partial charge on any atom is -0.355 e. The molecular formula is C24H35N5O2. The van der Waals surface area contributed by atoms with Gasteiger partial charge in [0.2, 0.25) is 11.8 Å². The Morgan fingerprint density at radius 2 is 1.77 bits per heavy atom. The zero-order chi connectivity index (χ0) is 22.4. The summed E-state index contributed by atoms with van der Waals surface area (Å²) in [5.74, 6) is 0.531. The van der Waals surface area contributed by atoms with E-state index >= 15 is 0 Å². The first-order valence-corrected chi connectivity index (χ1v) is 11.1. The molecule has 1 aliphatic rings. The van der Waals surface area contributed by atoms with E-state index in [1.165, 1.54) is 0 Å². The number of amides is 2. The van der Waals surface area contributed by atoms with Crippen LogP contribution in [-0.4, -0.2) is 58.2 Å². The van der Waals surface area contributed by atoms with Crippen LogP contribution in [0.15, 0.2) is 36.4 Å². The normalized spacial score (nSPS) is 15.6. The van der Waals surface area contributed by atoms with Crippen LogP contribution in [0.3, 0.4) is 0 Å². The number of carbonyl (C=O) groups is 2. The number of piperidine rings is 1. The van der Waals surface area contributed by atoms with Gasteiger partial charge >= 0.3 is 0 Å². The van der Waals surface area contributed by atoms with E-state index in [0.717, 1.165) is 43.0 Å². The standard InChI is InChI=1S/C24H35N5O2/c1-18-14-20(27-29(18)21-8-6-5-7-9-21)15-22(30)25-16-19-10-12-28(13-11-19)17-23(31)26-24(2,3)4/h5-9,14,19H,10-13,15-17H2,1-4H3,(H,25,30)(H,26,31). The van der Waals surface area contributed by atoms with E-state index in [4.69, 9.17) is 0 Å². The van der Waals surface area contributed by atoms with Gasteiger partial charge in [0.25, 0.3) is 0 Å². The second-order valence-electron chi connectivity index (χ2n) is 9.52. The van der Waals surface area contributed by atoms with Gasteiger partial charge in [-0.3, -0.25) is 14.5 Å². The minimum atomic E-state index is -0.199. The van der Waals surface area contributed by atoms with Crippen molar-refractivity contribution in [2.45, 2.75) is 52.5 Å². The molecule has 168 valence electrons. The van der Waals surface area contributed by atoms with Crippen molar-refractivity contribution in [2.24, 2.45) is 5.92 Å². The number of aromatic nitrogens is 2. The van der Waals surface area contributed by atoms with Crippen LogP contribution >= 0.6 is 0 Å². The highest BCUT2D eigenvalue weighted by atomic mass is 16.2. The van der Waals surface area contributed by atoms with Crippen LogP contribution in [0.4, 0.5) is 0 Å². The van der Waals surface area contributed by atoms with Crippen molar-refractivity contribution in [3.8, 4) is 5.69 Å². The third-order valence-corrected chi connectivity index (χ3v) is 5.46. The van der Waals surface area contributed by atoms with E-state index in [1.54, 1.807) is 0 Å². The van der Waals surface area contributed by atoms with Gasteiger partial charge in [-0.15, -0.1) is 0 Å². The molecule has 2 aromatic rings. The molecule has 0 saturated carbocycles. The second-order valence-corrected chi connectivity index (χ2v) is 9.52. The smallest absolute Gasteiger partial charge is 0.234 e. The Balaban J connectivity index is 1.40. The molecule has 7 nitrogen and oxygen atoms in total. The molecule has 2 amide bonds. The van der Waals surface area contributed by atoms with E-state index in [-0.39, 0.29) is 23.8 Å². The minimum absolute atomic E-state index is 0.00435. The van der Waals surface area contributed by atoms with Crippen molar-refractivity contribution >= 4 is 11.8 Å². The summed E-state index contributed by atoms with van der Waals surface area (Å²) >= 11 is 0. The monoisotopic (exact) mass is 425 g/mol. The maximum Gasteiger partial charge on any atom is 0.234 e. The highest BCUT2D eigenvalue weighted by molar-refractivity contribution is 5.79. The number of hydrogen-bond acceptors (Lipinski definition) is 4. The van der Waals surface area contributed by atoms with Crippen LogP contribution in [0.2, 0.25) is 0 Å². The molecule has 1 aliphatic heterocycles. The van der Waals surface area contributed by atoms with Gasteiger partial charge in [-0.05, 0) is 77.7 Å². The summed E-state index contributed by atoms with van der Waals surface area (Å²) in [5, 5.41) is 10.7. The molecule has 0 atom stereocenters. The van der Waals surface area contributed by atoms with Crippen molar-refractivity contribution < 1.29 is 9.59 Å². The van der Waals surface area contributed by atoms with E-state index in [9.17, 15) is 9.59 Å². The lowest BCUT2D eigenvalue weighted by molar-refractivity contribution is -0.124. The second kappa shape index (κ2) is 10.1. The zero-order valence-corrected chi connectivity index (χ0v) is 19.1. The van der Waals surface area contributed by atoms with Gasteiger partial charge in [0.05, 0.1) is 24.3 Å². The van der Waals surface area contributed by atoms with Crippen molar-refractivity contribution in [3.63, 3.8) is 0 Å². The van der Waals surface area contributed by atoms with Gasteiger partial charge in [0, 0.05) is 17.8 Å². The Morgan fingerprint density at radius 1 is 1.10 bits per heavy atom. The van der Waals surface area contributed by atoms with Gasteiger partial charge in [0.15, 0.2) is 0 Å². The summed E-state index contributed by atoms with van der Waals surface area (Å²) in [5.41, 5.74) is 2.58. The Labute approximate surface area is 185 Å². The predicted molar refractivity (Wildman–Crippen MR) is 122 cm³/mol. The highest BCUT2D eigenvalue weighted by Crippen LogP contribution is 2.17. The van der Waals surface area contributed by atoms with Crippen LogP contribution in [0, 0.1) is 12.8 Å². The lowest BCUT2D eigenvalue weighted by atomic mass is 9.96. The lowest BCUT2D eigenvalue weighted by Crippen LogP contribution is -2.48. The Bertz CT molecular complexity index is 877. The molecular weight excluding hydrogens is 390 g/mol. The zero-order valence-electron chi connectivity index (χ0n) is 19.1. The molecule has 1 aromatic carbocycles. The third-order valence-electron chi connectivity index (χ3n) is 5.46. The third kappa shape index (κ3) is 7.21. The molecule has 1 aromatic heterocycles. The average molecular weight is 426 g/mol. The molecule has 0 unspecified atom stereocenters. The van der Waals surface area contributed by atoms with Crippen molar-refractivity contribution in [1.29, 1.82) is 0 Å².